The van der Waals surface area contributed by atoms with Crippen molar-refractivity contribution in [3.63, 3.8) is 0 Å². The van der Waals surface area contributed by atoms with Crippen LogP contribution < -0.4 is 0 Å². The largest absolute Gasteiger partial charge is 0.480 e. The van der Waals surface area contributed by atoms with E-state index in [2.05, 4.69) is 4.90 Å². The number of benzene rings is 1. The number of aryl methyl sites for hydroxylation is 1. The Balaban J connectivity index is 1.49. The van der Waals surface area contributed by atoms with Gasteiger partial charge in [-0.25, -0.2) is 4.79 Å². The number of hydrogen-bond donors (Lipinski definition) is 2. The number of rotatable bonds is 6. The second-order valence-electron chi connectivity index (χ2n) is 8.28. The fourth-order valence-corrected chi connectivity index (χ4v) is 4.54. The van der Waals surface area contributed by atoms with Crippen molar-refractivity contribution in [3.8, 4) is 0 Å². The maximum absolute atomic E-state index is 12.5. The van der Waals surface area contributed by atoms with Crippen molar-refractivity contribution >= 4 is 28.7 Å². The zero-order valence-corrected chi connectivity index (χ0v) is 18.1. The second kappa shape index (κ2) is 9.27. The number of nitrogens with zero attached hydrogens (tertiary/aromatic N) is 4. The molecule has 0 saturated carbocycles. The van der Waals surface area contributed by atoms with Crippen LogP contribution in [0.15, 0.2) is 24.4 Å². The van der Waals surface area contributed by atoms with Crippen molar-refractivity contribution in [1.29, 1.82) is 0 Å². The summed E-state index contributed by atoms with van der Waals surface area (Å²) >= 11 is 0. The predicted molar refractivity (Wildman–Crippen MR) is 116 cm³/mol. The number of carboxylic acid groups (broad SMARTS) is 2. The van der Waals surface area contributed by atoms with E-state index in [0.29, 0.717) is 70.0 Å². The molecule has 0 radical (unpaired) electrons. The molecule has 2 saturated heterocycles. The molecule has 0 unspecified atom stereocenters. The molecule has 1 atom stereocenters. The van der Waals surface area contributed by atoms with Gasteiger partial charge in [0.2, 0.25) is 5.91 Å². The molecule has 1 aromatic heterocycles. The van der Waals surface area contributed by atoms with E-state index in [1.54, 1.807) is 18.3 Å². The minimum atomic E-state index is -1.05. The third-order valence-electron chi connectivity index (χ3n) is 6.29. The molecule has 2 aromatic rings. The fourth-order valence-electron chi connectivity index (χ4n) is 4.54. The van der Waals surface area contributed by atoms with E-state index in [9.17, 15) is 24.6 Å². The number of amides is 1. The minimum Gasteiger partial charge on any atom is -0.480 e. The standard InChI is InChI=1S/C22H28N4O6/c1-23-13-17(16-12-15(21(28)29)2-3-18(16)23)20(22(30)31)26-6-4-24(5-7-26)14-19(27)25-8-10-32-11-9-25/h2-3,12-13,20H,4-11,14H2,1H3,(H,28,29)(H,30,31)/t20-/m1/s1. The number of carbonyl (C=O) groups is 3. The van der Waals surface area contributed by atoms with Crippen molar-refractivity contribution in [2.24, 2.45) is 7.05 Å². The number of aliphatic carboxylic acids is 1. The predicted octanol–water partition coefficient (Wildman–Crippen LogP) is 0.479. The first-order chi connectivity index (χ1) is 15.3. The number of fused-ring (bicyclic) bond motifs is 1. The molecule has 2 aliphatic heterocycles. The van der Waals surface area contributed by atoms with Crippen molar-refractivity contribution in [3.05, 3.63) is 35.5 Å². The van der Waals surface area contributed by atoms with Crippen LogP contribution in [0.25, 0.3) is 10.9 Å². The number of carbonyl (C=O) groups excluding carboxylic acids is 1. The SMILES string of the molecule is Cn1cc([C@H](C(=O)O)N2CCN(CC(=O)N3CCOCC3)CC2)c2cc(C(=O)O)ccc21. The van der Waals surface area contributed by atoms with Crippen LogP contribution in [0.1, 0.15) is 22.0 Å². The Kier molecular flexibility index (Phi) is 6.45. The molecule has 2 fully saturated rings. The molecule has 4 rings (SSSR count). The summed E-state index contributed by atoms with van der Waals surface area (Å²) in [5, 5.41) is 20.0. The number of hydrogen-bond acceptors (Lipinski definition) is 6. The van der Waals surface area contributed by atoms with Gasteiger partial charge in [0.15, 0.2) is 0 Å². The van der Waals surface area contributed by atoms with E-state index in [1.165, 1.54) is 6.07 Å². The highest BCUT2D eigenvalue weighted by Gasteiger charge is 2.33. The highest BCUT2D eigenvalue weighted by atomic mass is 16.5. The van der Waals surface area contributed by atoms with E-state index >= 15 is 0 Å². The van der Waals surface area contributed by atoms with E-state index in [0.717, 1.165) is 5.52 Å². The summed E-state index contributed by atoms with van der Waals surface area (Å²) in [5.41, 5.74) is 1.49. The van der Waals surface area contributed by atoms with Gasteiger partial charge in [-0.3, -0.25) is 19.4 Å². The first-order valence-corrected chi connectivity index (χ1v) is 10.7. The number of carboxylic acids is 2. The molecule has 0 aliphatic carbocycles. The Morgan fingerprint density at radius 3 is 2.34 bits per heavy atom. The Morgan fingerprint density at radius 2 is 1.72 bits per heavy atom. The smallest absolute Gasteiger partial charge is 0.335 e. The lowest BCUT2D eigenvalue weighted by Gasteiger charge is -2.38. The molecule has 1 amide bonds. The Bertz CT molecular complexity index is 1020. The lowest BCUT2D eigenvalue weighted by molar-refractivity contribution is -0.145. The van der Waals surface area contributed by atoms with Gasteiger partial charge in [-0.15, -0.1) is 0 Å². The molecule has 172 valence electrons. The summed E-state index contributed by atoms with van der Waals surface area (Å²) < 4.78 is 7.12. The van der Waals surface area contributed by atoms with Gasteiger partial charge in [0.05, 0.1) is 25.3 Å². The molecule has 32 heavy (non-hydrogen) atoms. The molecule has 10 heteroatoms. The summed E-state index contributed by atoms with van der Waals surface area (Å²) in [7, 11) is 1.82. The van der Waals surface area contributed by atoms with E-state index in [1.807, 2.05) is 21.4 Å². The normalized spacial score (nSPS) is 19.2. The van der Waals surface area contributed by atoms with Crippen LogP contribution in [0.4, 0.5) is 0 Å². The van der Waals surface area contributed by atoms with Gasteiger partial charge in [0.1, 0.15) is 6.04 Å². The average molecular weight is 444 g/mol. The number of ether oxygens (including phenoxy) is 1. The van der Waals surface area contributed by atoms with Gasteiger partial charge in [-0.1, -0.05) is 0 Å². The van der Waals surface area contributed by atoms with Gasteiger partial charge < -0.3 is 24.4 Å². The van der Waals surface area contributed by atoms with Crippen LogP contribution in [0, 0.1) is 0 Å². The summed E-state index contributed by atoms with van der Waals surface area (Å²) in [6, 6.07) is 3.88. The van der Waals surface area contributed by atoms with Gasteiger partial charge in [-0.05, 0) is 18.2 Å². The zero-order valence-electron chi connectivity index (χ0n) is 18.1. The lowest BCUT2D eigenvalue weighted by Crippen LogP contribution is -2.52. The summed E-state index contributed by atoms with van der Waals surface area (Å²) in [4.78, 5) is 42.0. The van der Waals surface area contributed by atoms with Crippen molar-refractivity contribution < 1.29 is 29.3 Å². The fraction of sp³-hybridized carbons (Fsp3) is 0.500. The van der Waals surface area contributed by atoms with Crippen molar-refractivity contribution in [1.82, 2.24) is 19.3 Å². The van der Waals surface area contributed by atoms with Crippen molar-refractivity contribution in [2.45, 2.75) is 6.04 Å². The van der Waals surface area contributed by atoms with Crippen molar-refractivity contribution in [2.75, 3.05) is 59.0 Å². The van der Waals surface area contributed by atoms with Crippen LogP contribution in [0.5, 0.6) is 0 Å². The van der Waals surface area contributed by atoms with Gasteiger partial charge in [0, 0.05) is 69.0 Å². The summed E-state index contributed by atoms with van der Waals surface area (Å²) in [6.45, 7) is 4.85. The molecule has 0 spiro atoms. The third-order valence-corrected chi connectivity index (χ3v) is 6.29. The number of aromatic nitrogens is 1. The van der Waals surface area contributed by atoms with Crippen LogP contribution in [0.2, 0.25) is 0 Å². The Morgan fingerprint density at radius 1 is 1.03 bits per heavy atom. The molecular weight excluding hydrogens is 416 g/mol. The van der Waals surface area contributed by atoms with Gasteiger partial charge >= 0.3 is 11.9 Å². The van der Waals surface area contributed by atoms with Crippen LogP contribution in [0.3, 0.4) is 0 Å². The molecular formula is C22H28N4O6. The quantitative estimate of drug-likeness (QED) is 0.661. The first-order valence-electron chi connectivity index (χ1n) is 10.7. The molecule has 1 aromatic carbocycles. The van der Waals surface area contributed by atoms with Gasteiger partial charge in [0.25, 0.3) is 0 Å². The monoisotopic (exact) mass is 444 g/mol. The second-order valence-corrected chi connectivity index (χ2v) is 8.28. The highest BCUT2D eigenvalue weighted by Crippen LogP contribution is 2.31. The molecule has 0 bridgehead atoms. The average Bonchev–Trinajstić information content (AvgIpc) is 3.11. The van der Waals surface area contributed by atoms with Gasteiger partial charge in [-0.2, -0.15) is 0 Å². The lowest BCUT2D eigenvalue weighted by atomic mass is 10.0. The van der Waals surface area contributed by atoms with Crippen LogP contribution >= 0.6 is 0 Å². The van der Waals surface area contributed by atoms with E-state index in [-0.39, 0.29) is 11.5 Å². The first kappa shape index (κ1) is 22.3. The number of piperazine rings is 1. The maximum atomic E-state index is 12.5. The summed E-state index contributed by atoms with van der Waals surface area (Å²) in [5.74, 6) is -1.95. The molecule has 2 aliphatic rings. The highest BCUT2D eigenvalue weighted by molar-refractivity contribution is 5.96. The minimum absolute atomic E-state index is 0.0757. The maximum Gasteiger partial charge on any atom is 0.335 e. The zero-order chi connectivity index (χ0) is 22.8. The topological polar surface area (TPSA) is 116 Å². The van der Waals surface area contributed by atoms with E-state index in [4.69, 9.17) is 4.74 Å². The number of morpholine rings is 1. The Hall–Kier alpha value is -2.95. The Labute approximate surface area is 185 Å². The van der Waals surface area contributed by atoms with E-state index < -0.39 is 18.0 Å². The molecule has 3 heterocycles. The number of aromatic carboxylic acids is 1. The summed E-state index contributed by atoms with van der Waals surface area (Å²) in [6.07, 6.45) is 1.77. The molecule has 2 N–H and O–H groups in total. The molecule has 10 nitrogen and oxygen atoms in total. The van der Waals surface area contributed by atoms with Crippen LogP contribution in [-0.2, 0) is 21.4 Å². The third kappa shape index (κ3) is 4.47. The van der Waals surface area contributed by atoms with Crippen LogP contribution in [-0.4, -0.2) is 106 Å².